The molecule has 1 aromatic carbocycles. The van der Waals surface area contributed by atoms with E-state index in [4.69, 9.17) is 16.2 Å². The van der Waals surface area contributed by atoms with Crippen LogP contribution in [0.5, 0.6) is 0 Å². The number of halogens is 1. The van der Waals surface area contributed by atoms with Gasteiger partial charge in [-0.2, -0.15) is 0 Å². The monoisotopic (exact) mass is 413 g/mol. The number of carbonyl (C=O) groups excluding carboxylic acids is 1. The molecule has 9 heteroatoms. The lowest BCUT2D eigenvalue weighted by molar-refractivity contribution is 0.102. The Bertz CT molecular complexity index is 1040. The van der Waals surface area contributed by atoms with E-state index in [1.165, 1.54) is 36.2 Å². The van der Waals surface area contributed by atoms with E-state index in [9.17, 15) is 9.18 Å². The molecule has 5 N–H and O–H groups in total. The van der Waals surface area contributed by atoms with Gasteiger partial charge >= 0.3 is 0 Å². The van der Waals surface area contributed by atoms with Gasteiger partial charge < -0.3 is 21.5 Å². The molecule has 3 heterocycles. The number of aliphatic imine (C=N–C) groups is 1. The molecule has 0 radical (unpaired) electrons. The quantitative estimate of drug-likeness (QED) is 0.712. The van der Waals surface area contributed by atoms with E-state index < -0.39 is 17.3 Å². The van der Waals surface area contributed by atoms with Crippen LogP contribution in [0.2, 0.25) is 0 Å². The van der Waals surface area contributed by atoms with Crippen LogP contribution < -0.4 is 16.8 Å². The minimum absolute atomic E-state index is 0.207. The van der Waals surface area contributed by atoms with Crippen molar-refractivity contribution in [2.75, 3.05) is 24.3 Å². The molecule has 2 aromatic rings. The number of aromatic nitrogens is 1. The largest absolute Gasteiger partial charge is 0.397 e. The Morgan fingerprint density at radius 1 is 1.31 bits per heavy atom. The summed E-state index contributed by atoms with van der Waals surface area (Å²) in [4.78, 5) is 22.1. The lowest BCUT2D eigenvalue weighted by Crippen LogP contribution is -2.35. The number of ether oxygens (including phenoxy) is 1. The fraction of sp³-hybridized carbons (Fsp3) is 0.250. The number of pyridine rings is 1. The number of amides is 1. The fourth-order valence-electron chi connectivity index (χ4n) is 3.47. The molecule has 1 aromatic heterocycles. The molecule has 4 rings (SSSR count). The number of nitrogens with one attached hydrogen (secondary N) is 1. The van der Waals surface area contributed by atoms with Crippen LogP contribution in [-0.2, 0) is 10.3 Å². The van der Waals surface area contributed by atoms with Gasteiger partial charge in [-0.3, -0.25) is 4.79 Å². The van der Waals surface area contributed by atoms with Gasteiger partial charge in [0.05, 0.1) is 25.1 Å². The van der Waals surface area contributed by atoms with Gasteiger partial charge in [-0.05, 0) is 47.7 Å². The summed E-state index contributed by atoms with van der Waals surface area (Å²) >= 11 is 1.40. The molecule has 7 nitrogen and oxygen atoms in total. The van der Waals surface area contributed by atoms with Crippen LogP contribution in [0.1, 0.15) is 29.4 Å². The van der Waals surface area contributed by atoms with Crippen molar-refractivity contribution in [1.29, 1.82) is 0 Å². The summed E-state index contributed by atoms with van der Waals surface area (Å²) in [6.45, 7) is 2.78. The van der Waals surface area contributed by atoms with Crippen molar-refractivity contribution < 1.29 is 13.9 Å². The van der Waals surface area contributed by atoms with E-state index in [-0.39, 0.29) is 5.69 Å². The average molecular weight is 413 g/mol. The number of anilines is 2. The lowest BCUT2D eigenvalue weighted by Gasteiger charge is -2.37. The van der Waals surface area contributed by atoms with E-state index in [2.05, 4.69) is 15.3 Å². The van der Waals surface area contributed by atoms with E-state index in [0.29, 0.717) is 41.7 Å². The van der Waals surface area contributed by atoms with Crippen molar-refractivity contribution in [2.24, 2.45) is 10.7 Å². The zero-order valence-corrected chi connectivity index (χ0v) is 16.6. The van der Waals surface area contributed by atoms with Crippen LogP contribution in [0.3, 0.4) is 0 Å². The second kappa shape index (κ2) is 7.49. The molecule has 0 spiro atoms. The van der Waals surface area contributed by atoms with Gasteiger partial charge in [0.2, 0.25) is 0 Å². The van der Waals surface area contributed by atoms with Gasteiger partial charge in [0.15, 0.2) is 5.17 Å². The molecule has 0 bridgehead atoms. The second-order valence-corrected chi connectivity index (χ2v) is 8.07. The van der Waals surface area contributed by atoms with Gasteiger partial charge in [0.25, 0.3) is 5.91 Å². The number of nitrogens with two attached hydrogens (primary N) is 2. The van der Waals surface area contributed by atoms with Gasteiger partial charge in [-0.1, -0.05) is 11.8 Å². The van der Waals surface area contributed by atoms with E-state index in [0.717, 1.165) is 10.5 Å². The lowest BCUT2D eigenvalue weighted by atomic mass is 9.83. The van der Waals surface area contributed by atoms with Crippen molar-refractivity contribution in [3.05, 3.63) is 64.1 Å². The molecule has 0 saturated heterocycles. The van der Waals surface area contributed by atoms with Gasteiger partial charge in [-0.15, -0.1) is 0 Å². The summed E-state index contributed by atoms with van der Waals surface area (Å²) in [5, 5.41) is 3.13. The summed E-state index contributed by atoms with van der Waals surface area (Å²) in [6.07, 6.45) is 2.12. The first-order valence-corrected chi connectivity index (χ1v) is 9.85. The Morgan fingerprint density at radius 2 is 2.14 bits per heavy atom. The van der Waals surface area contributed by atoms with Crippen LogP contribution in [0.25, 0.3) is 0 Å². The standard InChI is InChI=1S/C20H20FN5O2S/c1-20(14-10-28-7-6-17(14)29-19(23)26-20)13-8-12(3-4-15(13)21)25-18(27)16-5-2-11(22)9-24-16/h2-5,8-9H,6-7,10,22H2,1H3,(H2,23,26)(H,25,27)/t20-/m1/s1. The maximum absolute atomic E-state index is 14.9. The number of hydrogen-bond acceptors (Lipinski definition) is 7. The number of amidine groups is 1. The maximum Gasteiger partial charge on any atom is 0.274 e. The summed E-state index contributed by atoms with van der Waals surface area (Å²) < 4.78 is 20.5. The molecule has 2 aliphatic rings. The average Bonchev–Trinajstić information content (AvgIpc) is 2.69. The number of hydrogen-bond donors (Lipinski definition) is 3. The van der Waals surface area contributed by atoms with Crippen LogP contribution in [0.4, 0.5) is 15.8 Å². The van der Waals surface area contributed by atoms with Crippen molar-refractivity contribution in [2.45, 2.75) is 18.9 Å². The highest BCUT2D eigenvalue weighted by Crippen LogP contribution is 2.46. The van der Waals surface area contributed by atoms with Crippen LogP contribution >= 0.6 is 11.8 Å². The molecule has 29 heavy (non-hydrogen) atoms. The maximum atomic E-state index is 14.9. The number of benzene rings is 1. The summed E-state index contributed by atoms with van der Waals surface area (Å²) in [6, 6.07) is 7.50. The number of thioether (sulfide) groups is 1. The highest BCUT2D eigenvalue weighted by Gasteiger charge is 2.40. The third-order valence-corrected chi connectivity index (χ3v) is 5.97. The zero-order chi connectivity index (χ0) is 20.6. The first-order chi connectivity index (χ1) is 13.9. The molecular formula is C20H20FN5O2S. The normalized spacial score (nSPS) is 21.4. The van der Waals surface area contributed by atoms with Crippen molar-refractivity contribution in [3.8, 4) is 0 Å². The van der Waals surface area contributed by atoms with E-state index in [1.807, 2.05) is 6.92 Å². The third-order valence-electron chi connectivity index (χ3n) is 4.97. The Hall–Kier alpha value is -2.91. The topological polar surface area (TPSA) is 116 Å². The predicted octanol–water partition coefficient (Wildman–Crippen LogP) is 3.01. The molecule has 1 amide bonds. The van der Waals surface area contributed by atoms with Crippen LogP contribution in [-0.4, -0.2) is 29.3 Å². The summed E-state index contributed by atoms with van der Waals surface area (Å²) in [7, 11) is 0. The van der Waals surface area contributed by atoms with Gasteiger partial charge in [0, 0.05) is 17.7 Å². The number of rotatable bonds is 3. The summed E-state index contributed by atoms with van der Waals surface area (Å²) in [5.74, 6) is -0.854. The first kappa shape index (κ1) is 19.4. The molecule has 2 aliphatic heterocycles. The smallest absolute Gasteiger partial charge is 0.274 e. The van der Waals surface area contributed by atoms with E-state index in [1.54, 1.807) is 12.1 Å². The number of nitrogen functional groups attached to an aromatic ring is 1. The molecule has 0 saturated carbocycles. The first-order valence-electron chi connectivity index (χ1n) is 9.03. The Balaban J connectivity index is 1.69. The Kier molecular flexibility index (Phi) is 5.01. The van der Waals surface area contributed by atoms with Crippen molar-refractivity contribution in [3.63, 3.8) is 0 Å². The highest BCUT2D eigenvalue weighted by atomic mass is 32.2. The molecule has 0 fully saturated rings. The summed E-state index contributed by atoms with van der Waals surface area (Å²) in [5.41, 5.74) is 12.9. The molecule has 0 aliphatic carbocycles. The predicted molar refractivity (Wildman–Crippen MR) is 112 cm³/mol. The Labute approximate surface area is 171 Å². The van der Waals surface area contributed by atoms with Gasteiger partial charge in [0.1, 0.15) is 17.1 Å². The molecular weight excluding hydrogens is 393 g/mol. The highest BCUT2D eigenvalue weighted by molar-refractivity contribution is 8.17. The third kappa shape index (κ3) is 3.70. The number of carbonyl (C=O) groups is 1. The minimum atomic E-state index is -1.00. The molecule has 0 unspecified atom stereocenters. The van der Waals surface area contributed by atoms with Crippen LogP contribution in [0.15, 0.2) is 52.0 Å². The Morgan fingerprint density at radius 3 is 2.90 bits per heavy atom. The number of nitrogens with zero attached hydrogens (tertiary/aromatic N) is 2. The fourth-order valence-corrected chi connectivity index (χ4v) is 4.51. The van der Waals surface area contributed by atoms with Gasteiger partial charge in [-0.25, -0.2) is 14.4 Å². The van der Waals surface area contributed by atoms with Crippen molar-refractivity contribution >= 4 is 34.2 Å². The van der Waals surface area contributed by atoms with Crippen LogP contribution in [0, 0.1) is 5.82 Å². The molecule has 150 valence electrons. The second-order valence-electron chi connectivity index (χ2n) is 6.95. The molecule has 1 atom stereocenters. The van der Waals surface area contributed by atoms with Crippen molar-refractivity contribution in [1.82, 2.24) is 4.98 Å². The zero-order valence-electron chi connectivity index (χ0n) is 15.7. The van der Waals surface area contributed by atoms with E-state index >= 15 is 0 Å². The SMILES string of the molecule is C[C@]1(c2cc(NC(=O)c3ccc(N)cn3)ccc2F)N=C(N)SC2=C1COCC2. The minimum Gasteiger partial charge on any atom is -0.397 e.